The van der Waals surface area contributed by atoms with E-state index in [2.05, 4.69) is 0 Å². The van der Waals surface area contributed by atoms with Crippen molar-refractivity contribution in [1.29, 1.82) is 0 Å². The molecule has 0 heterocycles. The normalized spacial score (nSPS) is 27.0. The van der Waals surface area contributed by atoms with Crippen molar-refractivity contribution in [2.75, 3.05) is 6.26 Å². The molecule has 2 N–H and O–H groups in total. The first-order valence-corrected chi connectivity index (χ1v) is 9.03. The molecule has 2 rings (SSSR count). The van der Waals surface area contributed by atoms with Crippen molar-refractivity contribution in [2.24, 2.45) is 5.41 Å². The maximum atomic E-state index is 14.2. The molecule has 128 valence electrons. The second-order valence-electron chi connectivity index (χ2n) is 5.98. The van der Waals surface area contributed by atoms with Crippen molar-refractivity contribution in [3.05, 3.63) is 34.9 Å². The van der Waals surface area contributed by atoms with E-state index in [9.17, 15) is 27.1 Å². The lowest BCUT2D eigenvalue weighted by molar-refractivity contribution is -0.150. The van der Waals surface area contributed by atoms with Crippen molar-refractivity contribution in [3.63, 3.8) is 0 Å². The van der Waals surface area contributed by atoms with E-state index < -0.39 is 46.2 Å². The van der Waals surface area contributed by atoms with E-state index in [1.807, 2.05) is 4.72 Å². The predicted octanol–water partition coefficient (Wildman–Crippen LogP) is 2.30. The van der Waals surface area contributed by atoms with Crippen molar-refractivity contribution in [3.8, 4) is 0 Å². The highest BCUT2D eigenvalue weighted by atomic mass is 35.5. The van der Waals surface area contributed by atoms with E-state index in [0.29, 0.717) is 10.6 Å². The average Bonchev–Trinajstić information content (AvgIpc) is 2.59. The number of hydrogen-bond acceptors (Lipinski definition) is 3. The fraction of sp³-hybridized carbons (Fsp3) is 0.500. The summed E-state index contributed by atoms with van der Waals surface area (Å²) in [5.74, 6) is -4.82. The van der Waals surface area contributed by atoms with Crippen LogP contribution in [0.5, 0.6) is 0 Å². The molecule has 9 heteroatoms. The molecule has 1 aromatic rings. The van der Waals surface area contributed by atoms with Crippen molar-refractivity contribution in [2.45, 2.75) is 31.2 Å². The smallest absolute Gasteiger partial charge is 0.310 e. The Bertz CT molecular complexity index is 725. The van der Waals surface area contributed by atoms with Crippen LogP contribution in [0.3, 0.4) is 0 Å². The van der Waals surface area contributed by atoms with E-state index in [1.54, 1.807) is 18.2 Å². The van der Waals surface area contributed by atoms with Gasteiger partial charge in [-0.2, -0.15) is 0 Å². The summed E-state index contributed by atoms with van der Waals surface area (Å²) in [4.78, 5) is 11.7. The first kappa shape index (κ1) is 18.1. The molecule has 0 aliphatic heterocycles. The molecule has 0 saturated heterocycles. The van der Waals surface area contributed by atoms with Crippen LogP contribution in [-0.2, 0) is 21.2 Å². The van der Waals surface area contributed by atoms with Crippen LogP contribution in [0, 0.1) is 5.41 Å². The summed E-state index contributed by atoms with van der Waals surface area (Å²) < 4.78 is 52.7. The molecule has 1 saturated carbocycles. The minimum atomic E-state index is -3.88. The van der Waals surface area contributed by atoms with Crippen LogP contribution in [0.25, 0.3) is 0 Å². The summed E-state index contributed by atoms with van der Waals surface area (Å²) in [6.07, 6.45) is -0.814. The van der Waals surface area contributed by atoms with Crippen LogP contribution < -0.4 is 4.72 Å². The van der Waals surface area contributed by atoms with Crippen LogP contribution in [0.1, 0.15) is 18.4 Å². The monoisotopic (exact) mass is 367 g/mol. The topological polar surface area (TPSA) is 83.5 Å². The van der Waals surface area contributed by atoms with Gasteiger partial charge in [-0.1, -0.05) is 23.7 Å². The molecule has 5 nitrogen and oxygen atoms in total. The van der Waals surface area contributed by atoms with Gasteiger partial charge in [-0.3, -0.25) is 4.79 Å². The zero-order valence-corrected chi connectivity index (χ0v) is 13.8. The van der Waals surface area contributed by atoms with Gasteiger partial charge in [-0.15, -0.1) is 0 Å². The first-order valence-electron chi connectivity index (χ1n) is 6.77. The van der Waals surface area contributed by atoms with Gasteiger partial charge in [0.1, 0.15) is 0 Å². The summed E-state index contributed by atoms with van der Waals surface area (Å²) in [6, 6.07) is 4.57. The highest BCUT2D eigenvalue weighted by molar-refractivity contribution is 7.88. The highest BCUT2D eigenvalue weighted by Gasteiger charge is 2.60. The minimum absolute atomic E-state index is 0.152. The van der Waals surface area contributed by atoms with Gasteiger partial charge in [0.25, 0.3) is 5.92 Å². The van der Waals surface area contributed by atoms with Gasteiger partial charge in [-0.05, 0) is 30.5 Å². The third kappa shape index (κ3) is 4.19. The molecule has 0 bridgehead atoms. The molecular weight excluding hydrogens is 352 g/mol. The van der Waals surface area contributed by atoms with E-state index in [-0.39, 0.29) is 6.42 Å². The molecule has 1 aliphatic rings. The molecule has 23 heavy (non-hydrogen) atoms. The standard InChI is InChI=1S/C14H16ClF2NO4S/c1-23(21,22)18-11-7-13(12(19)20,8-14(11,16)17)6-9-3-2-4-10(15)5-9/h2-5,11,18H,6-8H2,1H3,(H,19,20)/t11-,13-/m1/s1. The number of carbonyl (C=O) groups is 1. The van der Waals surface area contributed by atoms with E-state index in [4.69, 9.17) is 11.6 Å². The lowest BCUT2D eigenvalue weighted by Gasteiger charge is -2.24. The lowest BCUT2D eigenvalue weighted by Crippen LogP contribution is -2.43. The number of halogens is 3. The first-order chi connectivity index (χ1) is 10.4. The lowest BCUT2D eigenvalue weighted by atomic mass is 9.79. The number of sulfonamides is 1. The zero-order valence-electron chi connectivity index (χ0n) is 12.2. The van der Waals surface area contributed by atoms with Gasteiger partial charge in [-0.25, -0.2) is 21.9 Å². The van der Waals surface area contributed by atoms with Crippen molar-refractivity contribution >= 4 is 27.6 Å². The second-order valence-corrected chi connectivity index (χ2v) is 8.19. The fourth-order valence-corrected chi connectivity index (χ4v) is 3.97. The molecule has 1 aromatic carbocycles. The Morgan fingerprint density at radius 3 is 2.65 bits per heavy atom. The number of carboxylic acids is 1. The van der Waals surface area contributed by atoms with Gasteiger partial charge in [0, 0.05) is 11.4 Å². The number of carboxylic acid groups (broad SMARTS) is 1. The largest absolute Gasteiger partial charge is 0.481 e. The Morgan fingerprint density at radius 1 is 1.48 bits per heavy atom. The SMILES string of the molecule is CS(=O)(=O)N[C@@H]1C[C@@](Cc2cccc(Cl)c2)(C(=O)O)CC1(F)F. The molecule has 0 radical (unpaired) electrons. The molecule has 1 aliphatic carbocycles. The van der Waals surface area contributed by atoms with Crippen LogP contribution in [0.15, 0.2) is 24.3 Å². The van der Waals surface area contributed by atoms with Crippen molar-refractivity contribution < 1.29 is 27.1 Å². The zero-order chi connectivity index (χ0) is 17.5. The molecule has 0 aromatic heterocycles. The number of hydrogen-bond donors (Lipinski definition) is 2. The Balaban J connectivity index is 2.34. The van der Waals surface area contributed by atoms with Gasteiger partial charge in [0.15, 0.2) is 0 Å². The summed E-state index contributed by atoms with van der Waals surface area (Å²) >= 11 is 5.84. The third-order valence-corrected chi connectivity index (χ3v) is 4.87. The molecule has 0 spiro atoms. The molecular formula is C14H16ClF2NO4S. The summed E-state index contributed by atoms with van der Waals surface area (Å²) in [5.41, 5.74) is -1.24. The average molecular weight is 368 g/mol. The number of aliphatic carboxylic acids is 1. The maximum absolute atomic E-state index is 14.2. The number of benzene rings is 1. The van der Waals surface area contributed by atoms with E-state index >= 15 is 0 Å². The van der Waals surface area contributed by atoms with Gasteiger partial charge in [0.2, 0.25) is 10.0 Å². The second kappa shape index (κ2) is 5.99. The molecule has 0 unspecified atom stereocenters. The van der Waals surface area contributed by atoms with Gasteiger partial charge < -0.3 is 5.11 Å². The maximum Gasteiger partial charge on any atom is 0.310 e. The minimum Gasteiger partial charge on any atom is -0.481 e. The van der Waals surface area contributed by atoms with Crippen LogP contribution in [-0.4, -0.2) is 37.7 Å². The van der Waals surface area contributed by atoms with Crippen LogP contribution in [0.2, 0.25) is 5.02 Å². The Hall–Kier alpha value is -1.25. The van der Waals surface area contributed by atoms with E-state index in [1.165, 1.54) is 6.07 Å². The summed E-state index contributed by atoms with van der Waals surface area (Å²) in [5, 5.41) is 9.87. The summed E-state index contributed by atoms with van der Waals surface area (Å²) in [6.45, 7) is 0. The number of rotatable bonds is 5. The quantitative estimate of drug-likeness (QED) is 0.836. The number of nitrogens with one attached hydrogen (secondary N) is 1. The van der Waals surface area contributed by atoms with Crippen molar-refractivity contribution in [1.82, 2.24) is 4.72 Å². The van der Waals surface area contributed by atoms with E-state index in [0.717, 1.165) is 6.26 Å². The third-order valence-electron chi connectivity index (χ3n) is 3.92. The Kier molecular flexibility index (Phi) is 4.71. The van der Waals surface area contributed by atoms with Crippen LogP contribution >= 0.6 is 11.6 Å². The van der Waals surface area contributed by atoms with Crippen LogP contribution in [0.4, 0.5) is 8.78 Å². The Morgan fingerprint density at radius 2 is 2.13 bits per heavy atom. The van der Waals surface area contributed by atoms with Gasteiger partial charge >= 0.3 is 5.97 Å². The summed E-state index contributed by atoms with van der Waals surface area (Å²) in [7, 11) is -3.88. The number of alkyl halides is 2. The molecule has 1 fully saturated rings. The van der Waals surface area contributed by atoms with Gasteiger partial charge in [0.05, 0.1) is 17.7 Å². The predicted molar refractivity (Wildman–Crippen MR) is 81.2 cm³/mol. The molecule has 2 atom stereocenters. The molecule has 0 amide bonds. The fourth-order valence-electron chi connectivity index (χ4n) is 2.98. The highest BCUT2D eigenvalue weighted by Crippen LogP contribution is 2.49. The Labute approximate surface area is 137 Å².